The summed E-state index contributed by atoms with van der Waals surface area (Å²) in [7, 11) is 0. The molecule has 3 aromatic rings. The minimum atomic E-state index is -4.54. The lowest BCUT2D eigenvalue weighted by molar-refractivity contribution is -0.138. The number of hydrogen-bond acceptors (Lipinski definition) is 3. The molecule has 0 saturated heterocycles. The molecule has 4 rings (SSSR count). The highest BCUT2D eigenvalue weighted by atomic mass is 19.4. The first-order chi connectivity index (χ1) is 15.7. The monoisotopic (exact) mass is 454 g/mol. The summed E-state index contributed by atoms with van der Waals surface area (Å²) in [6.45, 7) is 2.34. The number of hydrogen-bond donors (Lipinski definition) is 1. The molecule has 0 radical (unpaired) electrons. The van der Waals surface area contributed by atoms with Gasteiger partial charge in [0.25, 0.3) is 11.8 Å². The highest BCUT2D eigenvalue weighted by molar-refractivity contribution is 6.04. The summed E-state index contributed by atoms with van der Waals surface area (Å²) in [6.07, 6.45) is -5.22. The maximum absolute atomic E-state index is 13.0. The maximum Gasteiger partial charge on any atom is 0.416 e. The normalized spacial score (nSPS) is 15.9. The van der Waals surface area contributed by atoms with Gasteiger partial charge in [-0.05, 0) is 48.9 Å². The number of benzene rings is 3. The van der Waals surface area contributed by atoms with Crippen LogP contribution >= 0.6 is 0 Å². The van der Waals surface area contributed by atoms with Crippen molar-refractivity contribution in [2.75, 3.05) is 5.32 Å². The van der Waals surface area contributed by atoms with E-state index in [1.165, 1.54) is 12.1 Å². The third kappa shape index (κ3) is 5.16. The van der Waals surface area contributed by atoms with E-state index in [9.17, 15) is 22.8 Å². The molecule has 5 nitrogen and oxygen atoms in total. The molecule has 0 aromatic heterocycles. The Morgan fingerprint density at radius 2 is 1.82 bits per heavy atom. The molecule has 1 aliphatic rings. The average Bonchev–Trinajstić information content (AvgIpc) is 2.90. The van der Waals surface area contributed by atoms with Crippen molar-refractivity contribution in [3.63, 3.8) is 0 Å². The van der Waals surface area contributed by atoms with Gasteiger partial charge in [0.1, 0.15) is 5.75 Å². The van der Waals surface area contributed by atoms with Gasteiger partial charge in [0.2, 0.25) is 0 Å². The first-order valence-electron chi connectivity index (χ1n) is 10.3. The Hall–Kier alpha value is -3.81. The van der Waals surface area contributed by atoms with Gasteiger partial charge in [-0.25, -0.2) is 0 Å². The fourth-order valence-electron chi connectivity index (χ4n) is 3.65. The number of ether oxygens (including phenoxy) is 1. The van der Waals surface area contributed by atoms with E-state index in [-0.39, 0.29) is 18.0 Å². The number of rotatable bonds is 4. The van der Waals surface area contributed by atoms with Gasteiger partial charge < -0.3 is 15.0 Å². The summed E-state index contributed by atoms with van der Waals surface area (Å²) in [6, 6.07) is 18.7. The zero-order valence-electron chi connectivity index (χ0n) is 17.7. The number of fused-ring (bicyclic) bond motifs is 1. The van der Waals surface area contributed by atoms with Crippen molar-refractivity contribution >= 4 is 17.5 Å². The molecule has 0 fully saturated rings. The minimum absolute atomic E-state index is 0.106. The molecule has 1 unspecified atom stereocenters. The Kier molecular flexibility index (Phi) is 6.09. The molecule has 1 atom stereocenters. The molecule has 2 amide bonds. The van der Waals surface area contributed by atoms with Crippen molar-refractivity contribution in [3.8, 4) is 5.75 Å². The van der Waals surface area contributed by atoms with E-state index in [1.807, 2.05) is 30.3 Å². The standard InChI is InChI=1S/C25H21F3N2O3/c1-16-24(32)30(14-17-6-3-2-4-7-17)15-19-13-21(10-11-22(19)33-16)29-23(31)18-8-5-9-20(12-18)25(26,27)28/h2-13,16H,14-15H2,1H3,(H,29,31). The summed E-state index contributed by atoms with van der Waals surface area (Å²) in [5.41, 5.74) is 1.04. The number of nitrogens with one attached hydrogen (secondary N) is 1. The Labute approximate surface area is 188 Å². The van der Waals surface area contributed by atoms with E-state index in [2.05, 4.69) is 5.32 Å². The molecule has 3 aromatic carbocycles. The van der Waals surface area contributed by atoms with E-state index in [0.29, 0.717) is 23.5 Å². The van der Waals surface area contributed by atoms with E-state index >= 15 is 0 Å². The molecule has 1 N–H and O–H groups in total. The van der Waals surface area contributed by atoms with Crippen molar-refractivity contribution in [1.82, 2.24) is 4.90 Å². The average molecular weight is 454 g/mol. The van der Waals surface area contributed by atoms with Gasteiger partial charge in [-0.2, -0.15) is 13.2 Å². The number of anilines is 1. The van der Waals surface area contributed by atoms with E-state index in [0.717, 1.165) is 17.7 Å². The molecule has 1 heterocycles. The van der Waals surface area contributed by atoms with Crippen molar-refractivity contribution in [2.24, 2.45) is 0 Å². The molecular weight excluding hydrogens is 433 g/mol. The van der Waals surface area contributed by atoms with Crippen LogP contribution in [-0.4, -0.2) is 22.8 Å². The molecule has 0 aliphatic carbocycles. The van der Waals surface area contributed by atoms with Gasteiger partial charge in [0, 0.05) is 29.9 Å². The number of nitrogens with zero attached hydrogens (tertiary/aromatic N) is 1. The van der Waals surface area contributed by atoms with Crippen LogP contribution in [0.25, 0.3) is 0 Å². The van der Waals surface area contributed by atoms with Gasteiger partial charge in [0.15, 0.2) is 6.10 Å². The summed E-state index contributed by atoms with van der Waals surface area (Å²) in [5, 5.41) is 2.63. The first-order valence-corrected chi connectivity index (χ1v) is 10.3. The summed E-state index contributed by atoms with van der Waals surface area (Å²) < 4.78 is 44.7. The largest absolute Gasteiger partial charge is 0.481 e. The van der Waals surface area contributed by atoms with Crippen molar-refractivity contribution < 1.29 is 27.5 Å². The molecule has 33 heavy (non-hydrogen) atoms. The van der Waals surface area contributed by atoms with Gasteiger partial charge in [-0.1, -0.05) is 36.4 Å². The Morgan fingerprint density at radius 3 is 2.55 bits per heavy atom. The van der Waals surface area contributed by atoms with Crippen LogP contribution in [-0.2, 0) is 24.1 Å². The lowest BCUT2D eigenvalue weighted by Gasteiger charge is -2.22. The molecule has 0 saturated carbocycles. The maximum atomic E-state index is 13.0. The second-order valence-corrected chi connectivity index (χ2v) is 7.80. The summed E-state index contributed by atoms with van der Waals surface area (Å²) in [4.78, 5) is 27.1. The SMILES string of the molecule is CC1Oc2ccc(NC(=O)c3cccc(C(F)(F)F)c3)cc2CN(Cc2ccccc2)C1=O. The highest BCUT2D eigenvalue weighted by Crippen LogP contribution is 2.31. The van der Waals surface area contributed by atoms with Crippen molar-refractivity contribution in [2.45, 2.75) is 32.3 Å². The molecular formula is C25H21F3N2O3. The molecule has 170 valence electrons. The van der Waals surface area contributed by atoms with Gasteiger partial charge in [-0.3, -0.25) is 9.59 Å². The highest BCUT2D eigenvalue weighted by Gasteiger charge is 2.31. The van der Waals surface area contributed by atoms with E-state index in [4.69, 9.17) is 4.74 Å². The van der Waals surface area contributed by atoms with Crippen LogP contribution in [0.2, 0.25) is 0 Å². The summed E-state index contributed by atoms with van der Waals surface area (Å²) >= 11 is 0. The Morgan fingerprint density at radius 1 is 1.06 bits per heavy atom. The number of carbonyl (C=O) groups excluding carboxylic acids is 2. The summed E-state index contributed by atoms with van der Waals surface area (Å²) in [5.74, 6) is -0.311. The lowest BCUT2D eigenvalue weighted by atomic mass is 10.1. The number of amides is 2. The smallest absolute Gasteiger partial charge is 0.416 e. The fourth-order valence-corrected chi connectivity index (χ4v) is 3.65. The second-order valence-electron chi connectivity index (χ2n) is 7.80. The molecule has 8 heteroatoms. The zero-order valence-corrected chi connectivity index (χ0v) is 17.7. The predicted molar refractivity (Wildman–Crippen MR) is 117 cm³/mol. The van der Waals surface area contributed by atoms with Crippen molar-refractivity contribution in [3.05, 3.63) is 95.1 Å². The number of halogens is 3. The quantitative estimate of drug-likeness (QED) is 0.585. The first kappa shape index (κ1) is 22.4. The van der Waals surface area contributed by atoms with Crippen LogP contribution in [0.3, 0.4) is 0 Å². The Bertz CT molecular complexity index is 1180. The number of alkyl halides is 3. The predicted octanol–water partition coefficient (Wildman–Crippen LogP) is 5.27. The Balaban J connectivity index is 1.56. The molecule has 0 bridgehead atoms. The van der Waals surface area contributed by atoms with Gasteiger partial charge in [-0.15, -0.1) is 0 Å². The van der Waals surface area contributed by atoms with Crippen LogP contribution in [0.1, 0.15) is 34.0 Å². The van der Waals surface area contributed by atoms with Crippen molar-refractivity contribution in [1.29, 1.82) is 0 Å². The second kappa shape index (κ2) is 8.97. The lowest BCUT2D eigenvalue weighted by Crippen LogP contribution is -2.37. The third-order valence-corrected chi connectivity index (χ3v) is 5.31. The minimum Gasteiger partial charge on any atom is -0.481 e. The van der Waals surface area contributed by atoms with Gasteiger partial charge >= 0.3 is 6.18 Å². The fraction of sp³-hybridized carbons (Fsp3) is 0.200. The van der Waals surface area contributed by atoms with Crippen LogP contribution < -0.4 is 10.1 Å². The zero-order chi connectivity index (χ0) is 23.6. The van der Waals surface area contributed by atoms with Gasteiger partial charge in [0.05, 0.1) is 5.56 Å². The van der Waals surface area contributed by atoms with E-state index < -0.39 is 23.8 Å². The topological polar surface area (TPSA) is 58.6 Å². The van der Waals surface area contributed by atoms with Crippen LogP contribution in [0.5, 0.6) is 5.75 Å². The van der Waals surface area contributed by atoms with Crippen LogP contribution in [0, 0.1) is 0 Å². The van der Waals surface area contributed by atoms with Crippen LogP contribution in [0.4, 0.5) is 18.9 Å². The number of carbonyl (C=O) groups is 2. The van der Waals surface area contributed by atoms with E-state index in [1.54, 1.807) is 30.0 Å². The van der Waals surface area contributed by atoms with Crippen LogP contribution in [0.15, 0.2) is 72.8 Å². The molecule has 1 aliphatic heterocycles. The third-order valence-electron chi connectivity index (χ3n) is 5.31. The molecule has 0 spiro atoms.